The molecule has 3 aromatic heterocycles. The molecule has 29 heavy (non-hydrogen) atoms. The Morgan fingerprint density at radius 3 is 2.83 bits per heavy atom. The van der Waals surface area contributed by atoms with Crippen molar-refractivity contribution in [1.82, 2.24) is 25.1 Å². The minimum absolute atomic E-state index is 0.214. The number of pyridine rings is 1. The van der Waals surface area contributed by atoms with Gasteiger partial charge in [0.05, 0.1) is 0 Å². The summed E-state index contributed by atoms with van der Waals surface area (Å²) in [5, 5.41) is 6.91. The van der Waals surface area contributed by atoms with Crippen LogP contribution in [0.2, 0.25) is 0 Å². The quantitative estimate of drug-likeness (QED) is 0.459. The Balaban J connectivity index is 1.36. The number of ether oxygens (including phenoxy) is 1. The summed E-state index contributed by atoms with van der Waals surface area (Å²) in [4.78, 5) is 20.7. The standard InChI is InChI=1S/C20H16BrN5O3/c21-15-3-5-16(6-4-15)28-11-17-7-8-18(29-17)20(27)24-10-14-2-1-9-23-19(14)26-13-22-12-25-26/h1-9,12-13H,10-11H2,(H,24,27). The summed E-state index contributed by atoms with van der Waals surface area (Å²) < 4.78 is 13.8. The Hall–Kier alpha value is -3.46. The fourth-order valence-corrected chi connectivity index (χ4v) is 2.88. The molecule has 0 saturated heterocycles. The Labute approximate surface area is 174 Å². The van der Waals surface area contributed by atoms with Gasteiger partial charge in [0.2, 0.25) is 0 Å². The summed E-state index contributed by atoms with van der Waals surface area (Å²) in [7, 11) is 0. The topological polar surface area (TPSA) is 95.1 Å². The van der Waals surface area contributed by atoms with Crippen molar-refractivity contribution in [3.63, 3.8) is 0 Å². The van der Waals surface area contributed by atoms with Gasteiger partial charge in [0.25, 0.3) is 5.91 Å². The van der Waals surface area contributed by atoms with Gasteiger partial charge >= 0.3 is 0 Å². The number of carbonyl (C=O) groups excluding carboxylic acids is 1. The lowest BCUT2D eigenvalue weighted by molar-refractivity contribution is 0.0919. The van der Waals surface area contributed by atoms with Gasteiger partial charge in [0.15, 0.2) is 11.6 Å². The highest BCUT2D eigenvalue weighted by Crippen LogP contribution is 2.18. The van der Waals surface area contributed by atoms with Gasteiger partial charge in [-0.05, 0) is 42.5 Å². The van der Waals surface area contributed by atoms with Gasteiger partial charge in [0, 0.05) is 22.8 Å². The number of furan rings is 1. The predicted molar refractivity (Wildman–Crippen MR) is 108 cm³/mol. The van der Waals surface area contributed by atoms with Gasteiger partial charge in [-0.2, -0.15) is 5.10 Å². The molecule has 0 spiro atoms. The summed E-state index contributed by atoms with van der Waals surface area (Å²) in [6.07, 6.45) is 4.64. The second kappa shape index (κ2) is 8.70. The number of nitrogens with one attached hydrogen (secondary N) is 1. The molecular formula is C20H16BrN5O3. The zero-order valence-electron chi connectivity index (χ0n) is 15.2. The van der Waals surface area contributed by atoms with Gasteiger partial charge < -0.3 is 14.5 Å². The van der Waals surface area contributed by atoms with Crippen LogP contribution < -0.4 is 10.1 Å². The van der Waals surface area contributed by atoms with Crippen LogP contribution >= 0.6 is 15.9 Å². The highest BCUT2D eigenvalue weighted by molar-refractivity contribution is 9.10. The fraction of sp³-hybridized carbons (Fsp3) is 0.100. The Kier molecular flexibility index (Phi) is 5.66. The molecule has 9 heteroatoms. The van der Waals surface area contributed by atoms with Gasteiger partial charge in [-0.25, -0.2) is 14.6 Å². The summed E-state index contributed by atoms with van der Waals surface area (Å²) in [5.41, 5.74) is 0.803. The molecule has 3 heterocycles. The highest BCUT2D eigenvalue weighted by Gasteiger charge is 2.13. The van der Waals surface area contributed by atoms with Crippen molar-refractivity contribution in [3.8, 4) is 11.6 Å². The van der Waals surface area contributed by atoms with Crippen molar-refractivity contribution in [3.05, 3.63) is 88.9 Å². The molecular weight excluding hydrogens is 438 g/mol. The zero-order valence-corrected chi connectivity index (χ0v) is 16.7. The van der Waals surface area contributed by atoms with Crippen LogP contribution in [0.1, 0.15) is 21.9 Å². The Bertz CT molecular complexity index is 1090. The lowest BCUT2D eigenvalue weighted by Crippen LogP contribution is -2.23. The monoisotopic (exact) mass is 453 g/mol. The van der Waals surface area contributed by atoms with E-state index in [4.69, 9.17) is 9.15 Å². The van der Waals surface area contributed by atoms with E-state index in [1.807, 2.05) is 30.3 Å². The first-order valence-electron chi connectivity index (χ1n) is 8.73. The van der Waals surface area contributed by atoms with E-state index in [-0.39, 0.29) is 24.8 Å². The van der Waals surface area contributed by atoms with E-state index in [9.17, 15) is 4.79 Å². The second-order valence-electron chi connectivity index (χ2n) is 6.02. The Morgan fingerprint density at radius 2 is 2.03 bits per heavy atom. The van der Waals surface area contributed by atoms with Crippen molar-refractivity contribution in [2.24, 2.45) is 0 Å². The molecule has 0 aliphatic carbocycles. The number of carbonyl (C=O) groups is 1. The average molecular weight is 454 g/mol. The molecule has 146 valence electrons. The van der Waals surface area contributed by atoms with Crippen LogP contribution in [-0.4, -0.2) is 25.7 Å². The summed E-state index contributed by atoms with van der Waals surface area (Å²) >= 11 is 3.38. The first-order valence-corrected chi connectivity index (χ1v) is 9.52. The van der Waals surface area contributed by atoms with Gasteiger partial charge in [-0.1, -0.05) is 22.0 Å². The molecule has 0 saturated carbocycles. The number of aromatic nitrogens is 4. The molecule has 0 bridgehead atoms. The Morgan fingerprint density at radius 1 is 1.17 bits per heavy atom. The van der Waals surface area contributed by atoms with Crippen molar-refractivity contribution < 1.29 is 13.9 Å². The molecule has 0 aliphatic rings. The molecule has 0 atom stereocenters. The third kappa shape index (κ3) is 4.69. The van der Waals surface area contributed by atoms with E-state index in [0.29, 0.717) is 17.3 Å². The molecule has 0 unspecified atom stereocenters. The van der Waals surface area contributed by atoms with Crippen molar-refractivity contribution in [2.75, 3.05) is 0 Å². The smallest absolute Gasteiger partial charge is 0.287 e. The van der Waals surface area contributed by atoms with E-state index >= 15 is 0 Å². The highest BCUT2D eigenvalue weighted by atomic mass is 79.9. The maximum Gasteiger partial charge on any atom is 0.287 e. The van der Waals surface area contributed by atoms with E-state index in [0.717, 1.165) is 10.0 Å². The number of nitrogens with zero attached hydrogens (tertiary/aromatic N) is 4. The average Bonchev–Trinajstić information content (AvgIpc) is 3.44. The van der Waals surface area contributed by atoms with Crippen molar-refractivity contribution >= 4 is 21.8 Å². The summed E-state index contributed by atoms with van der Waals surface area (Å²) in [6, 6.07) is 14.5. The lowest BCUT2D eigenvalue weighted by atomic mass is 10.2. The van der Waals surface area contributed by atoms with E-state index in [2.05, 4.69) is 36.3 Å². The number of benzene rings is 1. The molecule has 0 radical (unpaired) electrons. The zero-order chi connectivity index (χ0) is 20.1. The number of rotatable bonds is 7. The van der Waals surface area contributed by atoms with Crippen LogP contribution in [0, 0.1) is 0 Å². The van der Waals surface area contributed by atoms with Crippen LogP contribution in [0.5, 0.6) is 5.75 Å². The molecule has 1 aromatic carbocycles. The maximum atomic E-state index is 12.4. The SMILES string of the molecule is O=C(NCc1cccnc1-n1cncn1)c1ccc(COc2ccc(Br)cc2)o1. The lowest BCUT2D eigenvalue weighted by Gasteiger charge is -2.08. The van der Waals surface area contributed by atoms with Gasteiger partial charge in [0.1, 0.15) is 30.8 Å². The second-order valence-corrected chi connectivity index (χ2v) is 6.93. The third-order valence-electron chi connectivity index (χ3n) is 4.02. The van der Waals surface area contributed by atoms with Crippen LogP contribution in [0.3, 0.4) is 0 Å². The molecule has 4 rings (SSSR count). The molecule has 1 amide bonds. The van der Waals surface area contributed by atoms with E-state index in [1.54, 1.807) is 35.4 Å². The fourth-order valence-electron chi connectivity index (χ4n) is 2.62. The number of amides is 1. The van der Waals surface area contributed by atoms with Gasteiger partial charge in [-0.3, -0.25) is 4.79 Å². The van der Waals surface area contributed by atoms with Crippen molar-refractivity contribution in [1.29, 1.82) is 0 Å². The number of hydrogen-bond acceptors (Lipinski definition) is 6. The number of hydrogen-bond donors (Lipinski definition) is 1. The van der Waals surface area contributed by atoms with Gasteiger partial charge in [-0.15, -0.1) is 0 Å². The minimum atomic E-state index is -0.326. The molecule has 0 fully saturated rings. The van der Waals surface area contributed by atoms with Crippen LogP contribution in [-0.2, 0) is 13.2 Å². The number of halogens is 1. The molecule has 8 nitrogen and oxygen atoms in total. The van der Waals surface area contributed by atoms with E-state index in [1.165, 1.54) is 6.33 Å². The maximum absolute atomic E-state index is 12.4. The van der Waals surface area contributed by atoms with E-state index < -0.39 is 0 Å². The van der Waals surface area contributed by atoms with Crippen LogP contribution in [0.15, 0.2) is 76.3 Å². The normalized spacial score (nSPS) is 10.7. The third-order valence-corrected chi connectivity index (χ3v) is 4.55. The molecule has 1 N–H and O–H groups in total. The first kappa shape index (κ1) is 18.9. The van der Waals surface area contributed by atoms with Crippen molar-refractivity contribution in [2.45, 2.75) is 13.2 Å². The van der Waals surface area contributed by atoms with Crippen LogP contribution in [0.4, 0.5) is 0 Å². The summed E-state index contributed by atoms with van der Waals surface area (Å²) in [5.74, 6) is 1.77. The summed E-state index contributed by atoms with van der Waals surface area (Å²) in [6.45, 7) is 0.501. The minimum Gasteiger partial charge on any atom is -0.486 e. The predicted octanol–water partition coefficient (Wildman–Crippen LogP) is 3.53. The first-order chi connectivity index (χ1) is 14.2. The molecule has 4 aromatic rings. The van der Waals surface area contributed by atoms with Crippen LogP contribution in [0.25, 0.3) is 5.82 Å². The largest absolute Gasteiger partial charge is 0.486 e. The molecule has 0 aliphatic heterocycles.